The van der Waals surface area contributed by atoms with Gasteiger partial charge in [-0.05, 0) is 32.6 Å². The normalized spacial score (nSPS) is 28.3. The van der Waals surface area contributed by atoms with Gasteiger partial charge in [-0.25, -0.2) is 0 Å². The van der Waals surface area contributed by atoms with Gasteiger partial charge in [0, 0.05) is 51.9 Å². The molecule has 5 nitrogen and oxygen atoms in total. The number of ether oxygens (including phenoxy) is 1. The van der Waals surface area contributed by atoms with Crippen molar-refractivity contribution in [2.45, 2.75) is 45.3 Å². The van der Waals surface area contributed by atoms with Crippen molar-refractivity contribution in [3.63, 3.8) is 0 Å². The highest BCUT2D eigenvalue weighted by Crippen LogP contribution is 2.30. The summed E-state index contributed by atoms with van der Waals surface area (Å²) in [6, 6.07) is 0.535. The maximum Gasteiger partial charge on any atom is 0.225 e. The standard InChI is InChI=1S/C17H31N3O2/c1-14(2)20-9-10-22-16(13-20)11-17(21)19-7-5-18(6-8-19)12-15-3-4-15/h14-16H,3-13H2,1-2H3. The van der Waals surface area contributed by atoms with Gasteiger partial charge in [0.2, 0.25) is 5.91 Å². The monoisotopic (exact) mass is 309 g/mol. The van der Waals surface area contributed by atoms with Gasteiger partial charge >= 0.3 is 0 Å². The molecular weight excluding hydrogens is 278 g/mol. The maximum atomic E-state index is 12.5. The zero-order valence-electron chi connectivity index (χ0n) is 14.2. The van der Waals surface area contributed by atoms with Crippen LogP contribution in [0.1, 0.15) is 33.1 Å². The third-order valence-corrected chi connectivity index (χ3v) is 5.24. The minimum atomic E-state index is 0.0770. The third-order valence-electron chi connectivity index (χ3n) is 5.24. The minimum Gasteiger partial charge on any atom is -0.375 e. The molecule has 126 valence electrons. The molecule has 22 heavy (non-hydrogen) atoms. The number of morpholine rings is 1. The van der Waals surface area contributed by atoms with E-state index in [0.717, 1.165) is 51.8 Å². The molecule has 1 unspecified atom stereocenters. The van der Waals surface area contributed by atoms with Crippen molar-refractivity contribution in [3.8, 4) is 0 Å². The molecule has 2 heterocycles. The van der Waals surface area contributed by atoms with Gasteiger partial charge in [-0.1, -0.05) is 0 Å². The minimum absolute atomic E-state index is 0.0770. The molecule has 1 aliphatic carbocycles. The molecule has 0 radical (unpaired) electrons. The highest BCUT2D eigenvalue weighted by molar-refractivity contribution is 5.76. The molecule has 1 amide bonds. The van der Waals surface area contributed by atoms with E-state index in [2.05, 4.69) is 23.6 Å². The van der Waals surface area contributed by atoms with E-state index in [9.17, 15) is 4.79 Å². The van der Waals surface area contributed by atoms with Crippen LogP contribution in [0, 0.1) is 5.92 Å². The molecule has 2 saturated heterocycles. The van der Waals surface area contributed by atoms with E-state index in [4.69, 9.17) is 4.74 Å². The lowest BCUT2D eigenvalue weighted by Crippen LogP contribution is -2.51. The SMILES string of the molecule is CC(C)N1CCOC(CC(=O)N2CCN(CC3CC3)CC2)C1. The number of carbonyl (C=O) groups excluding carboxylic acids is 1. The van der Waals surface area contributed by atoms with E-state index in [0.29, 0.717) is 12.5 Å². The third kappa shape index (κ3) is 4.43. The van der Waals surface area contributed by atoms with E-state index in [1.807, 2.05) is 4.90 Å². The van der Waals surface area contributed by atoms with E-state index >= 15 is 0 Å². The van der Waals surface area contributed by atoms with Crippen LogP contribution in [0.25, 0.3) is 0 Å². The Hall–Kier alpha value is -0.650. The summed E-state index contributed by atoms with van der Waals surface area (Å²) in [5.74, 6) is 1.22. The summed E-state index contributed by atoms with van der Waals surface area (Å²) in [5.41, 5.74) is 0. The summed E-state index contributed by atoms with van der Waals surface area (Å²) in [4.78, 5) is 19.5. The first kappa shape index (κ1) is 16.2. The van der Waals surface area contributed by atoms with Gasteiger partial charge in [-0.15, -0.1) is 0 Å². The number of rotatable bonds is 5. The summed E-state index contributed by atoms with van der Waals surface area (Å²) in [6.45, 7) is 12.2. The van der Waals surface area contributed by atoms with Crippen molar-refractivity contribution in [1.29, 1.82) is 0 Å². The molecule has 5 heteroatoms. The van der Waals surface area contributed by atoms with Gasteiger partial charge in [0.15, 0.2) is 0 Å². The van der Waals surface area contributed by atoms with Gasteiger partial charge in [0.1, 0.15) is 0 Å². The number of hydrogen-bond acceptors (Lipinski definition) is 4. The van der Waals surface area contributed by atoms with Crippen LogP contribution in [0.2, 0.25) is 0 Å². The summed E-state index contributed by atoms with van der Waals surface area (Å²) in [6.07, 6.45) is 3.44. The second-order valence-electron chi connectivity index (χ2n) is 7.41. The van der Waals surface area contributed by atoms with Crippen molar-refractivity contribution in [3.05, 3.63) is 0 Å². The predicted octanol–water partition coefficient (Wildman–Crippen LogP) is 1.04. The molecule has 3 rings (SSSR count). The van der Waals surface area contributed by atoms with Crippen LogP contribution in [0.3, 0.4) is 0 Å². The number of hydrogen-bond donors (Lipinski definition) is 0. The topological polar surface area (TPSA) is 36.0 Å². The van der Waals surface area contributed by atoms with Crippen molar-refractivity contribution < 1.29 is 9.53 Å². The van der Waals surface area contributed by atoms with Crippen LogP contribution in [0.15, 0.2) is 0 Å². The van der Waals surface area contributed by atoms with Crippen molar-refractivity contribution in [1.82, 2.24) is 14.7 Å². The lowest BCUT2D eigenvalue weighted by Gasteiger charge is -2.38. The number of piperazine rings is 1. The fourth-order valence-corrected chi connectivity index (χ4v) is 3.50. The first-order chi connectivity index (χ1) is 10.6. The average Bonchev–Trinajstić information content (AvgIpc) is 3.32. The molecule has 0 aromatic carbocycles. The van der Waals surface area contributed by atoms with Crippen LogP contribution in [-0.4, -0.2) is 85.2 Å². The maximum absolute atomic E-state index is 12.5. The first-order valence-corrected chi connectivity index (χ1v) is 8.97. The highest BCUT2D eigenvalue weighted by atomic mass is 16.5. The molecule has 0 aromatic heterocycles. The Morgan fingerprint density at radius 3 is 2.50 bits per heavy atom. The van der Waals surface area contributed by atoms with Gasteiger partial charge in [-0.2, -0.15) is 0 Å². The fourth-order valence-electron chi connectivity index (χ4n) is 3.50. The number of carbonyl (C=O) groups is 1. The van der Waals surface area contributed by atoms with Gasteiger partial charge in [-0.3, -0.25) is 14.6 Å². The summed E-state index contributed by atoms with van der Waals surface area (Å²) >= 11 is 0. The molecule has 0 aromatic rings. The van der Waals surface area contributed by atoms with Gasteiger partial charge in [0.25, 0.3) is 0 Å². The molecule has 3 aliphatic rings. The van der Waals surface area contributed by atoms with E-state index in [1.54, 1.807) is 0 Å². The molecule has 1 atom stereocenters. The molecule has 0 bridgehead atoms. The van der Waals surface area contributed by atoms with Gasteiger partial charge in [0.05, 0.1) is 19.1 Å². The molecule has 0 spiro atoms. The van der Waals surface area contributed by atoms with Crippen molar-refractivity contribution in [2.75, 3.05) is 52.4 Å². The molecule has 3 fully saturated rings. The van der Waals surface area contributed by atoms with E-state index in [-0.39, 0.29) is 12.0 Å². The molecular formula is C17H31N3O2. The number of amides is 1. The Balaban J connectivity index is 1.40. The highest BCUT2D eigenvalue weighted by Gasteiger charge is 2.30. The quantitative estimate of drug-likeness (QED) is 0.760. The predicted molar refractivity (Wildman–Crippen MR) is 86.8 cm³/mol. The zero-order chi connectivity index (χ0) is 15.5. The molecule has 2 aliphatic heterocycles. The molecule has 0 N–H and O–H groups in total. The van der Waals surface area contributed by atoms with Crippen LogP contribution in [0.5, 0.6) is 0 Å². The second-order valence-corrected chi connectivity index (χ2v) is 7.41. The van der Waals surface area contributed by atoms with Crippen LogP contribution >= 0.6 is 0 Å². The average molecular weight is 309 g/mol. The fraction of sp³-hybridized carbons (Fsp3) is 0.941. The van der Waals surface area contributed by atoms with Crippen LogP contribution < -0.4 is 0 Å². The summed E-state index contributed by atoms with van der Waals surface area (Å²) < 4.78 is 5.80. The number of nitrogens with zero attached hydrogens (tertiary/aromatic N) is 3. The smallest absolute Gasteiger partial charge is 0.225 e. The Bertz CT molecular complexity index is 376. The lowest BCUT2D eigenvalue weighted by molar-refractivity contribution is -0.138. The van der Waals surface area contributed by atoms with Crippen LogP contribution in [0.4, 0.5) is 0 Å². The van der Waals surface area contributed by atoms with E-state index < -0.39 is 0 Å². The largest absolute Gasteiger partial charge is 0.375 e. The van der Waals surface area contributed by atoms with E-state index in [1.165, 1.54) is 19.4 Å². The summed E-state index contributed by atoms with van der Waals surface area (Å²) in [5, 5.41) is 0. The van der Waals surface area contributed by atoms with Gasteiger partial charge < -0.3 is 9.64 Å². The van der Waals surface area contributed by atoms with Crippen molar-refractivity contribution in [2.24, 2.45) is 5.92 Å². The lowest BCUT2D eigenvalue weighted by atomic mass is 10.1. The Morgan fingerprint density at radius 2 is 1.86 bits per heavy atom. The second kappa shape index (κ2) is 7.28. The first-order valence-electron chi connectivity index (χ1n) is 8.97. The Kier molecular flexibility index (Phi) is 5.37. The molecule has 1 saturated carbocycles. The summed E-state index contributed by atoms with van der Waals surface area (Å²) in [7, 11) is 0. The Labute approximate surface area is 134 Å². The Morgan fingerprint density at radius 1 is 1.14 bits per heavy atom. The van der Waals surface area contributed by atoms with Crippen LogP contribution in [-0.2, 0) is 9.53 Å². The zero-order valence-corrected chi connectivity index (χ0v) is 14.2. The van der Waals surface area contributed by atoms with Crippen molar-refractivity contribution >= 4 is 5.91 Å².